The molecule has 0 aliphatic heterocycles. The molecule has 0 aromatic heterocycles. The van der Waals surface area contributed by atoms with Crippen molar-refractivity contribution in [3.8, 4) is 0 Å². The molecule has 302 valence electrons. The Morgan fingerprint density at radius 2 is 0.923 bits per heavy atom. The average molecular weight is 741 g/mol. The first-order chi connectivity index (χ1) is 24.8. The van der Waals surface area contributed by atoms with Crippen molar-refractivity contribution in [3.05, 3.63) is 0 Å². The number of amides is 5. The molecule has 0 aromatic carbocycles. The van der Waals surface area contributed by atoms with Crippen LogP contribution in [0.4, 0.5) is 0 Å². The Labute approximate surface area is 311 Å². The molecule has 0 saturated carbocycles. The summed E-state index contributed by atoms with van der Waals surface area (Å²) in [5.41, 5.74) is 16.8. The Kier molecular flexibility index (Phi) is 28.3. The maximum atomic E-state index is 13.5. The van der Waals surface area contributed by atoms with Gasteiger partial charge in [-0.3, -0.25) is 24.0 Å². The number of rotatable bonds is 32. The van der Waals surface area contributed by atoms with Crippen LogP contribution in [0.15, 0.2) is 0 Å². The van der Waals surface area contributed by atoms with Gasteiger partial charge in [-0.05, 0) is 103 Å². The Bertz CT molecular complexity index is 1050. The Balaban J connectivity index is 5.58. The summed E-state index contributed by atoms with van der Waals surface area (Å²) in [7, 11) is 0. The molecule has 0 spiro atoms. The maximum Gasteiger partial charge on any atom is 0.326 e. The maximum absolute atomic E-state index is 13.5. The number of hydrogen-bond donors (Lipinski definition) is 9. The van der Waals surface area contributed by atoms with E-state index < -0.39 is 59.8 Å². The summed E-state index contributed by atoms with van der Waals surface area (Å²) in [6.07, 6.45) is 12.3. The SMILES string of the molecule is CCCCCCCCCC(=O)N[C@@H](CCCCN)C(=O)N[C@@H](CC(C)C)C(=O)N[C@@H](C)C(=O)N[C@@H](CCCCN)C(=O)N[C@@H](CCCCN)C(=O)O. The van der Waals surface area contributed by atoms with E-state index in [2.05, 4.69) is 33.5 Å². The molecule has 12 N–H and O–H groups in total. The van der Waals surface area contributed by atoms with Crippen molar-refractivity contribution < 1.29 is 33.9 Å². The van der Waals surface area contributed by atoms with Crippen molar-refractivity contribution in [2.75, 3.05) is 19.6 Å². The van der Waals surface area contributed by atoms with Crippen LogP contribution < -0.4 is 43.8 Å². The minimum atomic E-state index is -1.19. The molecular weight excluding hydrogens is 668 g/mol. The third-order valence-corrected chi connectivity index (χ3v) is 8.84. The van der Waals surface area contributed by atoms with Crippen LogP contribution in [0.1, 0.15) is 143 Å². The van der Waals surface area contributed by atoms with Crippen molar-refractivity contribution >= 4 is 35.5 Å². The predicted molar refractivity (Wildman–Crippen MR) is 204 cm³/mol. The molecule has 0 radical (unpaired) electrons. The number of nitrogens with one attached hydrogen (secondary N) is 5. The van der Waals surface area contributed by atoms with Gasteiger partial charge in [0, 0.05) is 6.42 Å². The van der Waals surface area contributed by atoms with Gasteiger partial charge in [0.05, 0.1) is 0 Å². The van der Waals surface area contributed by atoms with Gasteiger partial charge in [-0.2, -0.15) is 0 Å². The van der Waals surface area contributed by atoms with E-state index in [4.69, 9.17) is 17.2 Å². The van der Waals surface area contributed by atoms with E-state index in [1.54, 1.807) is 0 Å². The highest BCUT2D eigenvalue weighted by Crippen LogP contribution is 2.11. The second-order valence-electron chi connectivity index (χ2n) is 14.2. The fraction of sp³-hybridized carbons (Fsp3) is 0.838. The van der Waals surface area contributed by atoms with Gasteiger partial charge in [0.25, 0.3) is 0 Å². The normalized spacial score (nSPS) is 14.1. The first-order valence-electron chi connectivity index (χ1n) is 19.6. The van der Waals surface area contributed by atoms with Crippen LogP contribution in [0.3, 0.4) is 0 Å². The molecule has 0 heterocycles. The predicted octanol–water partition coefficient (Wildman–Crippen LogP) is 2.09. The van der Waals surface area contributed by atoms with Crippen LogP contribution in [0, 0.1) is 5.92 Å². The highest BCUT2D eigenvalue weighted by molar-refractivity contribution is 5.95. The van der Waals surface area contributed by atoms with Crippen molar-refractivity contribution in [2.45, 2.75) is 173 Å². The number of aliphatic carboxylic acids is 1. The van der Waals surface area contributed by atoms with Gasteiger partial charge in [-0.15, -0.1) is 0 Å². The lowest BCUT2D eigenvalue weighted by Gasteiger charge is -2.26. The van der Waals surface area contributed by atoms with Crippen LogP contribution in [0.2, 0.25) is 0 Å². The summed E-state index contributed by atoms with van der Waals surface area (Å²) in [4.78, 5) is 78.0. The van der Waals surface area contributed by atoms with Crippen molar-refractivity contribution in [1.82, 2.24) is 26.6 Å². The second kappa shape index (κ2) is 30.2. The zero-order chi connectivity index (χ0) is 39.3. The third-order valence-electron chi connectivity index (χ3n) is 8.84. The second-order valence-corrected chi connectivity index (χ2v) is 14.2. The van der Waals surface area contributed by atoms with Crippen molar-refractivity contribution in [1.29, 1.82) is 0 Å². The van der Waals surface area contributed by atoms with Gasteiger partial charge in [0.2, 0.25) is 29.5 Å². The number of nitrogens with two attached hydrogens (primary N) is 3. The van der Waals surface area contributed by atoms with E-state index in [1.807, 2.05) is 13.8 Å². The molecule has 15 heteroatoms. The number of carboxylic acid groups (broad SMARTS) is 1. The first kappa shape index (κ1) is 48.7. The lowest BCUT2D eigenvalue weighted by Crippen LogP contribution is -2.58. The monoisotopic (exact) mass is 741 g/mol. The van der Waals surface area contributed by atoms with Crippen molar-refractivity contribution in [2.24, 2.45) is 23.1 Å². The van der Waals surface area contributed by atoms with E-state index in [9.17, 15) is 33.9 Å². The Morgan fingerprint density at radius 1 is 0.500 bits per heavy atom. The number of carboxylic acids is 1. The standard InChI is InChI=1S/C37H72N8O7/c1-5-6-7-8-9-10-11-21-32(46)42-28(18-12-15-22-38)34(48)45-31(25-26(2)3)36(50)41-27(4)33(47)43-29(19-13-16-23-39)35(49)44-30(37(51)52)20-14-17-24-40/h26-31H,5-25,38-40H2,1-4H3,(H,41,50)(H,42,46)(H,43,47)(H,44,49)(H,45,48)(H,51,52)/t27-,28-,29-,30-,31-/m0/s1. The van der Waals surface area contributed by atoms with Crippen LogP contribution in [-0.4, -0.2) is 90.5 Å². The molecule has 5 amide bonds. The van der Waals surface area contributed by atoms with Crippen LogP contribution in [-0.2, 0) is 28.8 Å². The number of unbranched alkanes of at least 4 members (excludes halogenated alkanes) is 9. The van der Waals surface area contributed by atoms with Crippen LogP contribution >= 0.6 is 0 Å². The van der Waals surface area contributed by atoms with Gasteiger partial charge in [0.15, 0.2) is 0 Å². The molecular formula is C37H72N8O7. The highest BCUT2D eigenvalue weighted by atomic mass is 16.4. The fourth-order valence-electron chi connectivity index (χ4n) is 5.71. The molecule has 0 saturated heterocycles. The highest BCUT2D eigenvalue weighted by Gasteiger charge is 2.31. The summed E-state index contributed by atoms with van der Waals surface area (Å²) in [5, 5.41) is 23.1. The molecule has 5 atom stereocenters. The van der Waals surface area contributed by atoms with E-state index in [1.165, 1.54) is 26.2 Å². The molecule has 0 bridgehead atoms. The van der Waals surface area contributed by atoms with Crippen LogP contribution in [0.5, 0.6) is 0 Å². The lowest BCUT2D eigenvalue weighted by atomic mass is 10.0. The lowest BCUT2D eigenvalue weighted by molar-refractivity contribution is -0.142. The van der Waals surface area contributed by atoms with Gasteiger partial charge in [-0.25, -0.2) is 4.79 Å². The average Bonchev–Trinajstić information content (AvgIpc) is 3.09. The topological polar surface area (TPSA) is 261 Å². The molecule has 15 nitrogen and oxygen atoms in total. The number of carbonyl (C=O) groups excluding carboxylic acids is 5. The Morgan fingerprint density at radius 3 is 1.40 bits per heavy atom. The summed E-state index contributed by atoms with van der Waals surface area (Å²) >= 11 is 0. The minimum absolute atomic E-state index is 0.00504. The quantitative estimate of drug-likeness (QED) is 0.0454. The minimum Gasteiger partial charge on any atom is -0.480 e. The largest absolute Gasteiger partial charge is 0.480 e. The molecule has 0 aliphatic carbocycles. The molecule has 0 aromatic rings. The van der Waals surface area contributed by atoms with E-state index >= 15 is 0 Å². The zero-order valence-corrected chi connectivity index (χ0v) is 32.4. The summed E-state index contributed by atoms with van der Waals surface area (Å²) in [6, 6.07) is -5.13. The summed E-state index contributed by atoms with van der Waals surface area (Å²) in [5.74, 6) is -3.77. The van der Waals surface area contributed by atoms with Gasteiger partial charge < -0.3 is 48.9 Å². The van der Waals surface area contributed by atoms with E-state index in [-0.39, 0.29) is 31.1 Å². The number of hydrogen-bond acceptors (Lipinski definition) is 9. The van der Waals surface area contributed by atoms with E-state index in [0.717, 1.165) is 25.7 Å². The molecule has 0 fully saturated rings. The van der Waals surface area contributed by atoms with Gasteiger partial charge in [-0.1, -0.05) is 59.3 Å². The fourth-order valence-corrected chi connectivity index (χ4v) is 5.71. The van der Waals surface area contributed by atoms with E-state index in [0.29, 0.717) is 71.0 Å². The van der Waals surface area contributed by atoms with Gasteiger partial charge >= 0.3 is 5.97 Å². The van der Waals surface area contributed by atoms with Crippen molar-refractivity contribution in [3.63, 3.8) is 0 Å². The van der Waals surface area contributed by atoms with Crippen LogP contribution in [0.25, 0.3) is 0 Å². The Hall–Kier alpha value is -3.30. The third kappa shape index (κ3) is 23.3. The smallest absolute Gasteiger partial charge is 0.326 e. The first-order valence-corrected chi connectivity index (χ1v) is 19.6. The molecule has 52 heavy (non-hydrogen) atoms. The zero-order valence-electron chi connectivity index (χ0n) is 32.4. The molecule has 0 rings (SSSR count). The summed E-state index contributed by atoms with van der Waals surface area (Å²) < 4.78 is 0. The van der Waals surface area contributed by atoms with Gasteiger partial charge in [0.1, 0.15) is 30.2 Å². The molecule has 0 unspecified atom stereocenters. The summed E-state index contributed by atoms with van der Waals surface area (Å²) in [6.45, 7) is 8.65. The number of carbonyl (C=O) groups is 6. The molecule has 0 aliphatic rings.